The molecule has 0 aromatic heterocycles. The van der Waals surface area contributed by atoms with E-state index in [0.29, 0.717) is 5.69 Å². The predicted octanol–water partition coefficient (Wildman–Crippen LogP) is 5.59. The van der Waals surface area contributed by atoms with Crippen LogP contribution in [0.15, 0.2) is 82.2 Å². The molecule has 1 N–H and O–H groups in total. The van der Waals surface area contributed by atoms with Crippen molar-refractivity contribution in [2.75, 3.05) is 10.8 Å². The number of nitrogens with one attached hydrogen (secondary N) is 1. The maximum Gasteiger partial charge on any atom is 0.264 e. The van der Waals surface area contributed by atoms with E-state index in [2.05, 4.69) is 21.2 Å². The number of carbonyl (C=O) groups is 2. The molecule has 3 aromatic rings. The van der Waals surface area contributed by atoms with Crippen molar-refractivity contribution in [3.05, 3.63) is 94.0 Å². The lowest BCUT2D eigenvalue weighted by molar-refractivity contribution is -0.139. The van der Waals surface area contributed by atoms with Crippen LogP contribution in [0.1, 0.15) is 43.9 Å². The third kappa shape index (κ3) is 7.92. The van der Waals surface area contributed by atoms with Gasteiger partial charge >= 0.3 is 0 Å². The van der Waals surface area contributed by atoms with Gasteiger partial charge in [-0.2, -0.15) is 0 Å². The van der Waals surface area contributed by atoms with E-state index in [1.807, 2.05) is 52.0 Å². The number of sulfonamides is 1. The number of halogens is 1. The summed E-state index contributed by atoms with van der Waals surface area (Å²) in [6.07, 6.45) is 0.746. The molecule has 3 rings (SSSR count). The molecule has 0 spiro atoms. The van der Waals surface area contributed by atoms with Gasteiger partial charge in [0, 0.05) is 17.1 Å². The molecule has 9 heteroatoms. The Balaban J connectivity index is 2.02. The summed E-state index contributed by atoms with van der Waals surface area (Å²) in [5.41, 5.74) is 3.14. The molecule has 0 aliphatic carbocycles. The van der Waals surface area contributed by atoms with E-state index in [0.717, 1.165) is 31.9 Å². The number of hydrogen-bond donors (Lipinski definition) is 1. The van der Waals surface area contributed by atoms with E-state index >= 15 is 0 Å². The zero-order valence-corrected chi connectivity index (χ0v) is 25.4. The monoisotopic (exact) mass is 613 g/mol. The summed E-state index contributed by atoms with van der Waals surface area (Å²) < 4.78 is 29.6. The molecule has 0 aliphatic rings. The lowest BCUT2D eigenvalue weighted by Crippen LogP contribution is -2.52. The van der Waals surface area contributed by atoms with Crippen LogP contribution in [-0.2, 0) is 26.2 Å². The van der Waals surface area contributed by atoms with Gasteiger partial charge in [-0.05, 0) is 76.1 Å². The number of amides is 2. The molecule has 0 heterocycles. The second-order valence-electron chi connectivity index (χ2n) is 9.81. The standard InChI is InChI=1S/C30H36BrN3O4S/c1-6-23(4)32-30(36)24(5)33(19-25-9-7-8-22(3)18-25)29(35)20-34(27-14-12-26(31)13-15-27)39(37,38)28-16-10-21(2)11-17-28/h7-18,23-24H,6,19-20H2,1-5H3,(H,32,36)/t23-,24-/m0/s1. The second-order valence-corrected chi connectivity index (χ2v) is 12.6. The molecule has 39 heavy (non-hydrogen) atoms. The number of carbonyl (C=O) groups excluding carboxylic acids is 2. The summed E-state index contributed by atoms with van der Waals surface area (Å²) in [6, 6.07) is 20.1. The molecule has 3 aromatic carbocycles. The highest BCUT2D eigenvalue weighted by Gasteiger charge is 2.32. The Bertz CT molecular complexity index is 1390. The van der Waals surface area contributed by atoms with E-state index < -0.39 is 28.5 Å². The summed E-state index contributed by atoms with van der Waals surface area (Å²) in [5.74, 6) is -0.774. The van der Waals surface area contributed by atoms with Crippen molar-refractivity contribution >= 4 is 43.5 Å². The zero-order chi connectivity index (χ0) is 28.7. The molecule has 2 atom stereocenters. The Kier molecular flexibility index (Phi) is 10.3. The van der Waals surface area contributed by atoms with Crippen LogP contribution in [0.4, 0.5) is 5.69 Å². The molecule has 7 nitrogen and oxygen atoms in total. The van der Waals surface area contributed by atoms with Gasteiger partial charge < -0.3 is 10.2 Å². The predicted molar refractivity (Wildman–Crippen MR) is 159 cm³/mol. The number of benzene rings is 3. The topological polar surface area (TPSA) is 86.8 Å². The summed E-state index contributed by atoms with van der Waals surface area (Å²) >= 11 is 3.39. The minimum Gasteiger partial charge on any atom is -0.352 e. The van der Waals surface area contributed by atoms with E-state index in [9.17, 15) is 18.0 Å². The molecular formula is C30H36BrN3O4S. The van der Waals surface area contributed by atoms with Crippen LogP contribution in [0, 0.1) is 13.8 Å². The van der Waals surface area contributed by atoms with Gasteiger partial charge in [-0.1, -0.05) is 70.4 Å². The molecule has 0 radical (unpaired) electrons. The molecular weight excluding hydrogens is 578 g/mol. The second kappa shape index (κ2) is 13.3. The Morgan fingerprint density at radius 2 is 1.56 bits per heavy atom. The van der Waals surface area contributed by atoms with Gasteiger partial charge in [0.25, 0.3) is 10.0 Å². The van der Waals surface area contributed by atoms with Gasteiger partial charge in [-0.25, -0.2) is 8.42 Å². The Labute approximate surface area is 240 Å². The lowest BCUT2D eigenvalue weighted by Gasteiger charge is -2.32. The van der Waals surface area contributed by atoms with Crippen molar-refractivity contribution in [2.45, 2.75) is 64.6 Å². The highest BCUT2D eigenvalue weighted by molar-refractivity contribution is 9.10. The molecule has 0 fully saturated rings. The first-order valence-electron chi connectivity index (χ1n) is 12.9. The highest BCUT2D eigenvalue weighted by Crippen LogP contribution is 2.26. The van der Waals surface area contributed by atoms with Gasteiger partial charge in [0.2, 0.25) is 11.8 Å². The molecule has 0 bridgehead atoms. The van der Waals surface area contributed by atoms with E-state index in [1.54, 1.807) is 43.3 Å². The van der Waals surface area contributed by atoms with Gasteiger partial charge in [-0.3, -0.25) is 13.9 Å². The first-order chi connectivity index (χ1) is 18.4. The summed E-state index contributed by atoms with van der Waals surface area (Å²) in [7, 11) is -4.09. The number of rotatable bonds is 11. The minimum absolute atomic E-state index is 0.0583. The SMILES string of the molecule is CC[C@H](C)NC(=O)[C@H](C)N(Cc1cccc(C)c1)C(=O)CN(c1ccc(Br)cc1)S(=O)(=O)c1ccc(C)cc1. The average molecular weight is 615 g/mol. The van der Waals surface area contributed by atoms with Crippen LogP contribution >= 0.6 is 15.9 Å². The molecule has 0 saturated carbocycles. The fourth-order valence-electron chi connectivity index (χ4n) is 4.03. The number of hydrogen-bond acceptors (Lipinski definition) is 4. The maximum absolute atomic E-state index is 13.9. The van der Waals surface area contributed by atoms with Crippen molar-refractivity contribution < 1.29 is 18.0 Å². The van der Waals surface area contributed by atoms with Crippen LogP contribution < -0.4 is 9.62 Å². The summed E-state index contributed by atoms with van der Waals surface area (Å²) in [4.78, 5) is 28.6. The lowest BCUT2D eigenvalue weighted by atomic mass is 10.1. The Morgan fingerprint density at radius 3 is 2.15 bits per heavy atom. The molecule has 0 unspecified atom stereocenters. The fraction of sp³-hybridized carbons (Fsp3) is 0.333. The van der Waals surface area contributed by atoms with Crippen LogP contribution in [0.25, 0.3) is 0 Å². The van der Waals surface area contributed by atoms with E-state index in [4.69, 9.17) is 0 Å². The summed E-state index contributed by atoms with van der Waals surface area (Å²) in [6.45, 7) is 9.07. The highest BCUT2D eigenvalue weighted by atomic mass is 79.9. The van der Waals surface area contributed by atoms with Crippen molar-refractivity contribution in [2.24, 2.45) is 0 Å². The average Bonchev–Trinajstić information content (AvgIpc) is 2.90. The molecule has 208 valence electrons. The third-order valence-electron chi connectivity index (χ3n) is 6.61. The van der Waals surface area contributed by atoms with Gasteiger partial charge in [-0.15, -0.1) is 0 Å². The van der Waals surface area contributed by atoms with Crippen molar-refractivity contribution in [1.82, 2.24) is 10.2 Å². The first kappa shape index (κ1) is 30.4. The Morgan fingerprint density at radius 1 is 0.923 bits per heavy atom. The van der Waals surface area contributed by atoms with Crippen molar-refractivity contribution in [1.29, 1.82) is 0 Å². The van der Waals surface area contributed by atoms with Crippen molar-refractivity contribution in [3.8, 4) is 0 Å². The fourth-order valence-corrected chi connectivity index (χ4v) is 5.71. The van der Waals surface area contributed by atoms with Gasteiger partial charge in [0.05, 0.1) is 10.6 Å². The molecule has 0 saturated heterocycles. The minimum atomic E-state index is -4.09. The zero-order valence-electron chi connectivity index (χ0n) is 23.0. The quantitative estimate of drug-likeness (QED) is 0.305. The van der Waals surface area contributed by atoms with Crippen LogP contribution in [0.3, 0.4) is 0 Å². The van der Waals surface area contributed by atoms with Crippen LogP contribution in [-0.4, -0.2) is 43.8 Å². The van der Waals surface area contributed by atoms with Gasteiger partial charge in [0.1, 0.15) is 12.6 Å². The smallest absolute Gasteiger partial charge is 0.264 e. The first-order valence-corrected chi connectivity index (χ1v) is 15.2. The normalized spacial score (nSPS) is 12.9. The molecule has 0 aliphatic heterocycles. The number of aryl methyl sites for hydroxylation is 2. The van der Waals surface area contributed by atoms with Crippen molar-refractivity contribution in [3.63, 3.8) is 0 Å². The van der Waals surface area contributed by atoms with Crippen LogP contribution in [0.5, 0.6) is 0 Å². The number of nitrogens with zero attached hydrogens (tertiary/aromatic N) is 2. The van der Waals surface area contributed by atoms with E-state index in [-0.39, 0.29) is 23.4 Å². The van der Waals surface area contributed by atoms with Crippen LogP contribution in [0.2, 0.25) is 0 Å². The third-order valence-corrected chi connectivity index (χ3v) is 8.92. The summed E-state index contributed by atoms with van der Waals surface area (Å²) in [5, 5.41) is 2.94. The molecule has 2 amide bonds. The van der Waals surface area contributed by atoms with E-state index in [1.165, 1.54) is 17.0 Å². The maximum atomic E-state index is 13.9. The largest absolute Gasteiger partial charge is 0.352 e. The van der Waals surface area contributed by atoms with Gasteiger partial charge in [0.15, 0.2) is 0 Å². The Hall–Kier alpha value is -3.17. The number of anilines is 1.